The third-order valence-electron chi connectivity index (χ3n) is 1.59. The van der Waals surface area contributed by atoms with Crippen LogP contribution >= 0.6 is 7.60 Å². The second-order valence-electron chi connectivity index (χ2n) is 2.58. The fourth-order valence-corrected chi connectivity index (χ4v) is 1.47. The number of hydrogen-bond donors (Lipinski definition) is 3. The molecule has 0 spiro atoms. The standard InChI is InChI=1S/C7H10NO3P/c1-5-4-6(12(9,10)11)2-3-7(5)8/h2-4H,8H2,1H3,(H2,9,10,11). The summed E-state index contributed by atoms with van der Waals surface area (Å²) in [5, 5.41) is 0.00852. The Kier molecular flexibility index (Phi) is 2.24. The third-order valence-corrected chi connectivity index (χ3v) is 2.54. The predicted molar refractivity (Wildman–Crippen MR) is 47.3 cm³/mol. The van der Waals surface area contributed by atoms with Gasteiger partial charge in [-0.05, 0) is 30.7 Å². The number of aryl methyl sites for hydroxylation is 1. The van der Waals surface area contributed by atoms with Crippen LogP contribution in [0.1, 0.15) is 5.56 Å². The molecule has 0 atom stereocenters. The smallest absolute Gasteiger partial charge is 0.356 e. The molecular weight excluding hydrogens is 177 g/mol. The number of nitrogen functional groups attached to an aromatic ring is 1. The van der Waals surface area contributed by atoms with Crippen LogP contribution in [-0.4, -0.2) is 9.79 Å². The molecule has 0 aliphatic rings. The van der Waals surface area contributed by atoms with Gasteiger partial charge in [-0.2, -0.15) is 0 Å². The average molecular weight is 187 g/mol. The maximum atomic E-state index is 10.8. The van der Waals surface area contributed by atoms with E-state index in [9.17, 15) is 4.57 Å². The third kappa shape index (κ3) is 1.85. The molecular formula is C7H10NO3P. The van der Waals surface area contributed by atoms with Gasteiger partial charge >= 0.3 is 7.60 Å². The number of benzene rings is 1. The van der Waals surface area contributed by atoms with E-state index >= 15 is 0 Å². The van der Waals surface area contributed by atoms with Crippen LogP contribution in [0, 0.1) is 6.92 Å². The first-order chi connectivity index (χ1) is 5.41. The van der Waals surface area contributed by atoms with Crippen LogP contribution < -0.4 is 11.0 Å². The second kappa shape index (κ2) is 2.90. The van der Waals surface area contributed by atoms with Gasteiger partial charge in [0.15, 0.2) is 0 Å². The van der Waals surface area contributed by atoms with Gasteiger partial charge < -0.3 is 15.5 Å². The Balaban J connectivity index is 3.23. The van der Waals surface area contributed by atoms with Crippen LogP contribution in [0.15, 0.2) is 18.2 Å². The van der Waals surface area contributed by atoms with E-state index in [1.54, 1.807) is 6.92 Å². The van der Waals surface area contributed by atoms with E-state index in [4.69, 9.17) is 15.5 Å². The van der Waals surface area contributed by atoms with Crippen molar-refractivity contribution in [1.82, 2.24) is 0 Å². The van der Waals surface area contributed by atoms with Crippen molar-refractivity contribution >= 4 is 18.6 Å². The first-order valence-electron chi connectivity index (χ1n) is 3.33. The zero-order chi connectivity index (χ0) is 9.35. The van der Waals surface area contributed by atoms with Crippen molar-refractivity contribution in [3.63, 3.8) is 0 Å². The SMILES string of the molecule is Cc1cc(P(=O)(O)O)ccc1N. The predicted octanol–water partition coefficient (Wildman–Crippen LogP) is 0.380. The summed E-state index contributed by atoms with van der Waals surface area (Å²) in [7, 11) is -4.12. The van der Waals surface area contributed by atoms with Gasteiger partial charge in [0.2, 0.25) is 0 Å². The Morgan fingerprint density at radius 3 is 2.42 bits per heavy atom. The van der Waals surface area contributed by atoms with E-state index in [1.165, 1.54) is 18.2 Å². The summed E-state index contributed by atoms with van der Waals surface area (Å²) in [6.07, 6.45) is 0. The molecule has 0 amide bonds. The van der Waals surface area contributed by atoms with Gasteiger partial charge in [-0.15, -0.1) is 0 Å². The lowest BCUT2D eigenvalue weighted by molar-refractivity contribution is 0.387. The first-order valence-corrected chi connectivity index (χ1v) is 4.95. The Bertz CT molecular complexity index is 345. The lowest BCUT2D eigenvalue weighted by Crippen LogP contribution is -2.05. The molecule has 4 N–H and O–H groups in total. The van der Waals surface area contributed by atoms with Gasteiger partial charge in [-0.25, -0.2) is 0 Å². The molecule has 12 heavy (non-hydrogen) atoms. The minimum absolute atomic E-state index is 0.00852. The summed E-state index contributed by atoms with van der Waals surface area (Å²) in [6.45, 7) is 1.70. The van der Waals surface area contributed by atoms with Crippen LogP contribution in [0.5, 0.6) is 0 Å². The normalized spacial score (nSPS) is 11.6. The summed E-state index contributed by atoms with van der Waals surface area (Å²) in [5.74, 6) is 0. The number of nitrogens with two attached hydrogens (primary N) is 1. The number of hydrogen-bond acceptors (Lipinski definition) is 2. The highest BCUT2D eigenvalue weighted by molar-refractivity contribution is 7.60. The molecule has 5 heteroatoms. The van der Waals surface area contributed by atoms with E-state index in [1.807, 2.05) is 0 Å². The summed E-state index contributed by atoms with van der Waals surface area (Å²) < 4.78 is 10.8. The largest absolute Gasteiger partial charge is 0.399 e. The minimum Gasteiger partial charge on any atom is -0.399 e. The van der Waals surface area contributed by atoms with Crippen molar-refractivity contribution in [3.8, 4) is 0 Å². The van der Waals surface area contributed by atoms with Crippen LogP contribution in [0.25, 0.3) is 0 Å². The molecule has 66 valence electrons. The Hall–Kier alpha value is -0.830. The molecule has 0 bridgehead atoms. The van der Waals surface area contributed by atoms with Crippen molar-refractivity contribution in [3.05, 3.63) is 23.8 Å². The lowest BCUT2D eigenvalue weighted by atomic mass is 10.2. The van der Waals surface area contributed by atoms with Gasteiger partial charge in [0.05, 0.1) is 5.30 Å². The van der Waals surface area contributed by atoms with Gasteiger partial charge in [0.25, 0.3) is 0 Å². The van der Waals surface area contributed by atoms with Crippen molar-refractivity contribution in [1.29, 1.82) is 0 Å². The maximum absolute atomic E-state index is 10.8. The molecule has 1 aromatic rings. The van der Waals surface area contributed by atoms with E-state index in [2.05, 4.69) is 0 Å². The summed E-state index contributed by atoms with van der Waals surface area (Å²) in [5.41, 5.74) is 6.69. The van der Waals surface area contributed by atoms with E-state index < -0.39 is 7.60 Å². The number of anilines is 1. The molecule has 0 radical (unpaired) electrons. The Morgan fingerprint density at radius 1 is 1.42 bits per heavy atom. The van der Waals surface area contributed by atoms with Crippen LogP contribution in [0.2, 0.25) is 0 Å². The van der Waals surface area contributed by atoms with E-state index in [-0.39, 0.29) is 5.30 Å². The van der Waals surface area contributed by atoms with Gasteiger partial charge in [0.1, 0.15) is 0 Å². The summed E-state index contributed by atoms with van der Waals surface area (Å²) in [4.78, 5) is 17.5. The van der Waals surface area contributed by atoms with E-state index in [0.717, 1.165) is 0 Å². The summed E-state index contributed by atoms with van der Waals surface area (Å²) >= 11 is 0. The highest BCUT2D eigenvalue weighted by Crippen LogP contribution is 2.33. The molecule has 0 saturated carbocycles. The fourth-order valence-electron chi connectivity index (χ4n) is 0.841. The topological polar surface area (TPSA) is 83.5 Å². The molecule has 0 heterocycles. The molecule has 1 rings (SSSR count). The average Bonchev–Trinajstić information content (AvgIpc) is 1.92. The van der Waals surface area contributed by atoms with Crippen LogP contribution in [0.4, 0.5) is 5.69 Å². The quantitative estimate of drug-likeness (QED) is 0.438. The zero-order valence-electron chi connectivity index (χ0n) is 6.56. The van der Waals surface area contributed by atoms with Crippen LogP contribution in [-0.2, 0) is 4.57 Å². The zero-order valence-corrected chi connectivity index (χ0v) is 7.45. The van der Waals surface area contributed by atoms with Gasteiger partial charge in [-0.1, -0.05) is 0 Å². The molecule has 0 aromatic heterocycles. The monoisotopic (exact) mass is 187 g/mol. The fraction of sp³-hybridized carbons (Fsp3) is 0.143. The minimum atomic E-state index is -4.12. The van der Waals surface area contributed by atoms with E-state index in [0.29, 0.717) is 11.3 Å². The highest BCUT2D eigenvalue weighted by atomic mass is 31.2. The van der Waals surface area contributed by atoms with Crippen molar-refractivity contribution < 1.29 is 14.4 Å². The molecule has 0 aliphatic carbocycles. The lowest BCUT2D eigenvalue weighted by Gasteiger charge is -2.05. The maximum Gasteiger partial charge on any atom is 0.356 e. The van der Waals surface area contributed by atoms with Crippen molar-refractivity contribution in [2.45, 2.75) is 6.92 Å². The molecule has 0 fully saturated rings. The highest BCUT2D eigenvalue weighted by Gasteiger charge is 2.16. The van der Waals surface area contributed by atoms with Gasteiger partial charge in [0, 0.05) is 5.69 Å². The molecule has 0 aliphatic heterocycles. The molecule has 4 nitrogen and oxygen atoms in total. The van der Waals surface area contributed by atoms with Crippen LogP contribution in [0.3, 0.4) is 0 Å². The van der Waals surface area contributed by atoms with Crippen molar-refractivity contribution in [2.24, 2.45) is 0 Å². The van der Waals surface area contributed by atoms with Crippen molar-refractivity contribution in [2.75, 3.05) is 5.73 Å². The summed E-state index contributed by atoms with van der Waals surface area (Å²) in [6, 6.07) is 4.23. The molecule has 0 unspecified atom stereocenters. The second-order valence-corrected chi connectivity index (χ2v) is 4.19. The number of rotatable bonds is 1. The van der Waals surface area contributed by atoms with Gasteiger partial charge in [-0.3, -0.25) is 4.57 Å². The Morgan fingerprint density at radius 2 is 2.00 bits per heavy atom. The Labute approximate surface area is 70.2 Å². The first kappa shape index (κ1) is 9.26. The molecule has 1 aromatic carbocycles. The molecule has 0 saturated heterocycles.